The van der Waals surface area contributed by atoms with Crippen LogP contribution in [-0.2, 0) is 4.79 Å². The van der Waals surface area contributed by atoms with E-state index in [0.717, 1.165) is 16.8 Å². The molecule has 5 nitrogen and oxygen atoms in total. The minimum absolute atomic E-state index is 0.302. The SMILES string of the molecule is COc1ccc(C(=O)N(C)C(C(=O)Nc2c(C)cccc2C)c2ccccc2Cl)cc1. The Kier molecular flexibility index (Phi) is 6.98. The molecule has 0 spiro atoms. The molecule has 2 amide bonds. The molecule has 0 bridgehead atoms. The van der Waals surface area contributed by atoms with Gasteiger partial charge < -0.3 is 15.0 Å². The number of hydrogen-bond donors (Lipinski definition) is 1. The predicted molar refractivity (Wildman–Crippen MR) is 124 cm³/mol. The molecule has 3 rings (SSSR count). The van der Waals surface area contributed by atoms with Crippen LogP contribution in [0.3, 0.4) is 0 Å². The van der Waals surface area contributed by atoms with E-state index in [1.54, 1.807) is 62.7 Å². The molecule has 0 aliphatic carbocycles. The highest BCUT2D eigenvalue weighted by atomic mass is 35.5. The van der Waals surface area contributed by atoms with Crippen molar-refractivity contribution in [2.75, 3.05) is 19.5 Å². The predicted octanol–water partition coefficient (Wildman–Crippen LogP) is 5.42. The second kappa shape index (κ2) is 9.67. The summed E-state index contributed by atoms with van der Waals surface area (Å²) in [6.45, 7) is 3.86. The van der Waals surface area contributed by atoms with E-state index in [0.29, 0.717) is 21.9 Å². The monoisotopic (exact) mass is 436 g/mol. The van der Waals surface area contributed by atoms with Crippen LogP contribution < -0.4 is 10.1 Å². The van der Waals surface area contributed by atoms with Crippen LogP contribution in [-0.4, -0.2) is 30.9 Å². The maximum Gasteiger partial charge on any atom is 0.254 e. The smallest absolute Gasteiger partial charge is 0.254 e. The molecule has 1 N–H and O–H groups in total. The highest BCUT2D eigenvalue weighted by Crippen LogP contribution is 2.30. The molecule has 3 aromatic carbocycles. The Labute approximate surface area is 187 Å². The van der Waals surface area contributed by atoms with Crippen molar-refractivity contribution in [3.05, 3.63) is 94.0 Å². The van der Waals surface area contributed by atoms with Gasteiger partial charge in [0.05, 0.1) is 7.11 Å². The summed E-state index contributed by atoms with van der Waals surface area (Å²) in [5.74, 6) is 0.00807. The van der Waals surface area contributed by atoms with E-state index in [4.69, 9.17) is 16.3 Å². The Morgan fingerprint density at radius 2 is 1.55 bits per heavy atom. The number of likely N-dealkylation sites (N-methyl/N-ethyl adjacent to an activating group) is 1. The molecule has 6 heteroatoms. The molecular weight excluding hydrogens is 412 g/mol. The van der Waals surface area contributed by atoms with E-state index in [-0.39, 0.29) is 11.8 Å². The van der Waals surface area contributed by atoms with E-state index in [1.807, 2.05) is 32.0 Å². The number of amides is 2. The zero-order valence-electron chi connectivity index (χ0n) is 18.0. The number of ether oxygens (including phenoxy) is 1. The van der Waals surface area contributed by atoms with E-state index in [9.17, 15) is 9.59 Å². The van der Waals surface area contributed by atoms with Crippen LogP contribution in [0.5, 0.6) is 5.75 Å². The average Bonchev–Trinajstić information content (AvgIpc) is 2.77. The van der Waals surface area contributed by atoms with Crippen LogP contribution in [0.4, 0.5) is 5.69 Å². The third-order valence-corrected chi connectivity index (χ3v) is 5.57. The van der Waals surface area contributed by atoms with Gasteiger partial charge >= 0.3 is 0 Å². The van der Waals surface area contributed by atoms with E-state index in [2.05, 4.69) is 5.32 Å². The fraction of sp³-hybridized carbons (Fsp3) is 0.200. The Bertz CT molecular complexity index is 1080. The fourth-order valence-electron chi connectivity index (χ4n) is 3.48. The average molecular weight is 437 g/mol. The molecule has 31 heavy (non-hydrogen) atoms. The Balaban J connectivity index is 1.98. The normalized spacial score (nSPS) is 11.5. The number of para-hydroxylation sites is 1. The summed E-state index contributed by atoms with van der Waals surface area (Å²) in [7, 11) is 3.17. The molecule has 1 atom stereocenters. The number of rotatable bonds is 6. The van der Waals surface area contributed by atoms with E-state index >= 15 is 0 Å². The highest BCUT2D eigenvalue weighted by Gasteiger charge is 2.31. The van der Waals surface area contributed by atoms with Crippen molar-refractivity contribution in [1.82, 2.24) is 4.90 Å². The number of hydrogen-bond acceptors (Lipinski definition) is 3. The van der Waals surface area contributed by atoms with Crippen LogP contribution in [0.25, 0.3) is 0 Å². The zero-order valence-corrected chi connectivity index (χ0v) is 18.7. The number of nitrogens with one attached hydrogen (secondary N) is 1. The number of carbonyl (C=O) groups is 2. The summed E-state index contributed by atoms with van der Waals surface area (Å²) in [6.07, 6.45) is 0. The van der Waals surface area contributed by atoms with Gasteiger partial charge in [0.25, 0.3) is 11.8 Å². The van der Waals surface area contributed by atoms with Gasteiger partial charge in [0.2, 0.25) is 0 Å². The van der Waals surface area contributed by atoms with E-state index in [1.165, 1.54) is 4.90 Å². The largest absolute Gasteiger partial charge is 0.497 e. The molecule has 160 valence electrons. The summed E-state index contributed by atoms with van der Waals surface area (Å²) >= 11 is 6.43. The van der Waals surface area contributed by atoms with E-state index < -0.39 is 6.04 Å². The molecule has 0 heterocycles. The number of aryl methyl sites for hydroxylation is 2. The summed E-state index contributed by atoms with van der Waals surface area (Å²) < 4.78 is 5.16. The van der Waals surface area contributed by atoms with Crippen molar-refractivity contribution in [2.24, 2.45) is 0 Å². The van der Waals surface area contributed by atoms with Crippen LogP contribution >= 0.6 is 11.6 Å². The standard InChI is InChI=1S/C25H25ClN2O3/c1-16-8-7-9-17(2)22(16)27-24(29)23(20-10-5-6-11-21(20)26)28(3)25(30)18-12-14-19(31-4)15-13-18/h5-15,23H,1-4H3,(H,27,29). The molecule has 3 aromatic rings. The molecule has 0 aliphatic rings. The number of benzene rings is 3. The fourth-order valence-corrected chi connectivity index (χ4v) is 3.72. The third kappa shape index (κ3) is 4.89. The summed E-state index contributed by atoms with van der Waals surface area (Å²) in [5, 5.41) is 3.41. The first-order chi connectivity index (χ1) is 14.8. The summed E-state index contributed by atoms with van der Waals surface area (Å²) in [5.41, 5.74) is 3.61. The number of nitrogens with zero attached hydrogens (tertiary/aromatic N) is 1. The number of methoxy groups -OCH3 is 1. The maximum absolute atomic E-state index is 13.5. The molecule has 0 saturated heterocycles. The van der Waals surface area contributed by atoms with Crippen molar-refractivity contribution in [1.29, 1.82) is 0 Å². The van der Waals surface area contributed by atoms with Gasteiger partial charge in [0.1, 0.15) is 11.8 Å². The summed E-state index contributed by atoms with van der Waals surface area (Å²) in [6, 6.07) is 18.7. The second-order valence-electron chi connectivity index (χ2n) is 7.32. The molecule has 0 aromatic heterocycles. The van der Waals surface area contributed by atoms with Gasteiger partial charge in [-0.3, -0.25) is 9.59 Å². The lowest BCUT2D eigenvalue weighted by molar-refractivity contribution is -0.120. The van der Waals surface area contributed by atoms with Gasteiger partial charge in [0.15, 0.2) is 0 Å². The molecule has 0 radical (unpaired) electrons. The Morgan fingerprint density at radius 3 is 2.13 bits per heavy atom. The van der Waals surface area contributed by atoms with Crippen molar-refractivity contribution < 1.29 is 14.3 Å². The first-order valence-electron chi connectivity index (χ1n) is 9.86. The van der Waals surface area contributed by atoms with Crippen LogP contribution in [0.15, 0.2) is 66.7 Å². The molecule has 0 saturated carbocycles. The van der Waals surface area contributed by atoms with Crippen LogP contribution in [0.1, 0.15) is 33.1 Å². The van der Waals surface area contributed by atoms with Crippen LogP contribution in [0.2, 0.25) is 5.02 Å². The number of anilines is 1. The summed E-state index contributed by atoms with van der Waals surface area (Å²) in [4.78, 5) is 28.1. The van der Waals surface area contributed by atoms with Crippen molar-refractivity contribution in [2.45, 2.75) is 19.9 Å². The van der Waals surface area contributed by atoms with Crippen molar-refractivity contribution in [3.63, 3.8) is 0 Å². The van der Waals surface area contributed by atoms with Gasteiger partial charge in [0, 0.05) is 28.9 Å². The third-order valence-electron chi connectivity index (χ3n) is 5.22. The van der Waals surface area contributed by atoms with Gasteiger partial charge in [-0.15, -0.1) is 0 Å². The van der Waals surface area contributed by atoms with Crippen LogP contribution in [0, 0.1) is 13.8 Å². The quantitative estimate of drug-likeness (QED) is 0.561. The van der Waals surface area contributed by atoms with Gasteiger partial charge in [-0.1, -0.05) is 48.0 Å². The van der Waals surface area contributed by atoms with Gasteiger partial charge in [-0.25, -0.2) is 0 Å². The first kappa shape index (κ1) is 22.4. The van der Waals surface area contributed by atoms with Crippen molar-refractivity contribution >= 4 is 29.1 Å². The number of halogens is 1. The molecule has 0 aliphatic heterocycles. The molecule has 0 fully saturated rings. The van der Waals surface area contributed by atoms with Crippen molar-refractivity contribution in [3.8, 4) is 5.75 Å². The molecular formula is C25H25ClN2O3. The second-order valence-corrected chi connectivity index (χ2v) is 7.73. The Morgan fingerprint density at radius 1 is 0.935 bits per heavy atom. The first-order valence-corrected chi connectivity index (χ1v) is 10.2. The van der Waals surface area contributed by atoms with Gasteiger partial charge in [-0.2, -0.15) is 0 Å². The minimum Gasteiger partial charge on any atom is -0.497 e. The minimum atomic E-state index is -0.915. The lowest BCUT2D eigenvalue weighted by Crippen LogP contribution is -2.39. The molecule has 1 unspecified atom stereocenters. The maximum atomic E-state index is 13.5. The van der Waals surface area contributed by atoms with Gasteiger partial charge in [-0.05, 0) is 55.3 Å². The topological polar surface area (TPSA) is 58.6 Å². The zero-order chi connectivity index (χ0) is 22.5. The lowest BCUT2D eigenvalue weighted by atomic mass is 10.0. The Hall–Kier alpha value is -3.31. The number of carbonyl (C=O) groups excluding carboxylic acids is 2. The lowest BCUT2D eigenvalue weighted by Gasteiger charge is -2.29. The highest BCUT2D eigenvalue weighted by molar-refractivity contribution is 6.31.